The Bertz CT molecular complexity index is 635. The number of carbonyl (C=O) groups excluding carboxylic acids is 1. The number of aromatic nitrogens is 1. The lowest BCUT2D eigenvalue weighted by Gasteiger charge is -2.42. The highest BCUT2D eigenvalue weighted by atomic mass is 32.2. The molecule has 1 aromatic rings. The first-order valence-corrected chi connectivity index (χ1v) is 9.06. The summed E-state index contributed by atoms with van der Waals surface area (Å²) in [6, 6.07) is 3.29. The van der Waals surface area contributed by atoms with Gasteiger partial charge in [-0.05, 0) is 24.1 Å². The monoisotopic (exact) mass is 324 g/mol. The van der Waals surface area contributed by atoms with Crippen LogP contribution in [0.1, 0.15) is 5.56 Å². The maximum Gasteiger partial charge on any atom is 0.238 e. The van der Waals surface area contributed by atoms with E-state index in [1.54, 1.807) is 12.4 Å². The van der Waals surface area contributed by atoms with Crippen LogP contribution in [-0.2, 0) is 21.2 Å². The first-order chi connectivity index (χ1) is 10.6. The fourth-order valence-electron chi connectivity index (χ4n) is 2.93. The fourth-order valence-corrected chi connectivity index (χ4v) is 4.41. The van der Waals surface area contributed by atoms with Crippen molar-refractivity contribution in [1.82, 2.24) is 19.5 Å². The summed E-state index contributed by atoms with van der Waals surface area (Å²) in [5, 5.41) is 2.80. The molecule has 2 fully saturated rings. The normalized spacial score (nSPS) is 23.8. The minimum atomic E-state index is -3.35. The van der Waals surface area contributed by atoms with Crippen molar-refractivity contribution in [3.8, 4) is 0 Å². The van der Waals surface area contributed by atoms with Gasteiger partial charge in [0.2, 0.25) is 15.9 Å². The van der Waals surface area contributed by atoms with E-state index in [9.17, 15) is 13.2 Å². The second kappa shape index (κ2) is 6.31. The van der Waals surface area contributed by atoms with Crippen LogP contribution in [0.25, 0.3) is 0 Å². The van der Waals surface area contributed by atoms with Crippen LogP contribution < -0.4 is 5.32 Å². The van der Waals surface area contributed by atoms with E-state index in [0.29, 0.717) is 26.1 Å². The van der Waals surface area contributed by atoms with Crippen LogP contribution in [0.5, 0.6) is 0 Å². The van der Waals surface area contributed by atoms with E-state index in [4.69, 9.17) is 0 Å². The number of carbonyl (C=O) groups is 1. The van der Waals surface area contributed by atoms with Crippen LogP contribution in [0.3, 0.4) is 0 Å². The average molecular weight is 324 g/mol. The van der Waals surface area contributed by atoms with E-state index in [-0.39, 0.29) is 24.2 Å². The molecule has 22 heavy (non-hydrogen) atoms. The van der Waals surface area contributed by atoms with Gasteiger partial charge in [-0.25, -0.2) is 8.42 Å². The van der Waals surface area contributed by atoms with E-state index in [2.05, 4.69) is 15.2 Å². The van der Waals surface area contributed by atoms with Gasteiger partial charge in [0.15, 0.2) is 0 Å². The number of sulfonamides is 1. The lowest BCUT2D eigenvalue weighted by molar-refractivity contribution is -0.130. The molecule has 2 aliphatic heterocycles. The van der Waals surface area contributed by atoms with Gasteiger partial charge >= 0.3 is 0 Å². The lowest BCUT2D eigenvalue weighted by Crippen LogP contribution is -2.64. The highest BCUT2D eigenvalue weighted by Crippen LogP contribution is 2.16. The lowest BCUT2D eigenvalue weighted by atomic mass is 10.1. The third kappa shape index (κ3) is 3.29. The van der Waals surface area contributed by atoms with Crippen molar-refractivity contribution in [3.05, 3.63) is 30.1 Å². The Morgan fingerprint density at radius 2 is 2.00 bits per heavy atom. The molecule has 1 aromatic heterocycles. The highest BCUT2D eigenvalue weighted by Gasteiger charge is 2.38. The minimum absolute atomic E-state index is 0.0609. The van der Waals surface area contributed by atoms with Crippen molar-refractivity contribution >= 4 is 15.9 Å². The molecule has 0 spiro atoms. The van der Waals surface area contributed by atoms with Gasteiger partial charge in [-0.15, -0.1) is 0 Å². The summed E-state index contributed by atoms with van der Waals surface area (Å²) < 4.78 is 26.5. The topological polar surface area (TPSA) is 82.6 Å². The van der Waals surface area contributed by atoms with Crippen LogP contribution in [-0.4, -0.2) is 73.0 Å². The number of piperazine rings is 2. The number of fused-ring (bicyclic) bond motifs is 1. The van der Waals surface area contributed by atoms with Crippen LogP contribution in [0.4, 0.5) is 0 Å². The third-order valence-electron chi connectivity index (χ3n) is 4.25. The van der Waals surface area contributed by atoms with Crippen molar-refractivity contribution < 1.29 is 13.2 Å². The molecule has 1 atom stereocenters. The molecule has 120 valence electrons. The minimum Gasteiger partial charge on any atom is -0.353 e. The molecule has 1 amide bonds. The smallest absolute Gasteiger partial charge is 0.238 e. The number of nitrogens with zero attached hydrogens (tertiary/aromatic N) is 3. The maximum atomic E-state index is 12.5. The molecule has 2 aliphatic rings. The molecular formula is C14H20N4O3S. The van der Waals surface area contributed by atoms with Crippen LogP contribution >= 0.6 is 0 Å². The Balaban J connectivity index is 1.64. The van der Waals surface area contributed by atoms with Crippen LogP contribution in [0.15, 0.2) is 24.5 Å². The molecule has 1 N–H and O–H groups in total. The Labute approximate surface area is 130 Å². The number of pyridine rings is 1. The highest BCUT2D eigenvalue weighted by molar-refractivity contribution is 7.89. The molecular weight excluding hydrogens is 304 g/mol. The molecule has 2 saturated heterocycles. The van der Waals surface area contributed by atoms with Crippen molar-refractivity contribution in [2.24, 2.45) is 0 Å². The molecule has 3 rings (SSSR count). The van der Waals surface area contributed by atoms with E-state index in [0.717, 1.165) is 12.1 Å². The summed E-state index contributed by atoms with van der Waals surface area (Å²) in [5.41, 5.74) is 0.952. The molecule has 0 aromatic carbocycles. The zero-order valence-corrected chi connectivity index (χ0v) is 13.1. The number of aryl methyl sites for hydroxylation is 1. The number of amides is 1. The Morgan fingerprint density at radius 1 is 1.23 bits per heavy atom. The molecule has 0 unspecified atom stereocenters. The summed E-state index contributed by atoms with van der Waals surface area (Å²) in [4.78, 5) is 17.9. The van der Waals surface area contributed by atoms with Gasteiger partial charge in [0.05, 0.1) is 5.75 Å². The fraction of sp³-hybridized carbons (Fsp3) is 0.571. The third-order valence-corrected chi connectivity index (χ3v) is 6.08. The van der Waals surface area contributed by atoms with Gasteiger partial charge in [0.1, 0.15) is 6.04 Å². The number of hydrogen-bond donors (Lipinski definition) is 1. The van der Waals surface area contributed by atoms with Gasteiger partial charge in [-0.2, -0.15) is 4.31 Å². The standard InChI is InChI=1S/C14H20N4O3S/c19-14-13-11-18(9-8-17(13)7-6-16-14)22(20,21)10-3-12-1-4-15-5-2-12/h1-2,4-5,13H,3,6-11H2,(H,16,19)/t13-/m0/s1. The Morgan fingerprint density at radius 3 is 2.77 bits per heavy atom. The summed E-state index contributed by atoms with van der Waals surface area (Å²) in [6.07, 6.45) is 3.78. The summed E-state index contributed by atoms with van der Waals surface area (Å²) in [6.45, 7) is 2.77. The Kier molecular flexibility index (Phi) is 4.42. The van der Waals surface area contributed by atoms with Gasteiger partial charge < -0.3 is 5.32 Å². The van der Waals surface area contributed by atoms with E-state index in [1.807, 2.05) is 12.1 Å². The van der Waals surface area contributed by atoms with Crippen molar-refractivity contribution in [3.63, 3.8) is 0 Å². The summed E-state index contributed by atoms with van der Waals surface area (Å²) >= 11 is 0. The first-order valence-electron chi connectivity index (χ1n) is 7.45. The zero-order chi connectivity index (χ0) is 15.6. The van der Waals surface area contributed by atoms with E-state index in [1.165, 1.54) is 4.31 Å². The summed E-state index contributed by atoms with van der Waals surface area (Å²) in [7, 11) is -3.35. The summed E-state index contributed by atoms with van der Waals surface area (Å²) in [5.74, 6) is -0.00832. The number of hydrogen-bond acceptors (Lipinski definition) is 5. The van der Waals surface area contributed by atoms with Crippen molar-refractivity contribution in [1.29, 1.82) is 0 Å². The predicted molar refractivity (Wildman–Crippen MR) is 81.7 cm³/mol. The Hall–Kier alpha value is -1.51. The largest absolute Gasteiger partial charge is 0.353 e. The van der Waals surface area contributed by atoms with Crippen LogP contribution in [0.2, 0.25) is 0 Å². The van der Waals surface area contributed by atoms with Crippen LogP contribution in [0, 0.1) is 0 Å². The molecule has 0 saturated carbocycles. The average Bonchev–Trinajstić information content (AvgIpc) is 2.54. The molecule has 0 radical (unpaired) electrons. The van der Waals surface area contributed by atoms with E-state index < -0.39 is 10.0 Å². The first kappa shape index (κ1) is 15.4. The molecule has 7 nitrogen and oxygen atoms in total. The number of rotatable bonds is 4. The molecule has 8 heteroatoms. The maximum absolute atomic E-state index is 12.5. The molecule has 0 aliphatic carbocycles. The van der Waals surface area contributed by atoms with Gasteiger partial charge in [0, 0.05) is 45.1 Å². The van der Waals surface area contributed by atoms with Gasteiger partial charge in [-0.3, -0.25) is 14.7 Å². The molecule has 0 bridgehead atoms. The van der Waals surface area contributed by atoms with Gasteiger partial charge in [0.25, 0.3) is 0 Å². The van der Waals surface area contributed by atoms with Gasteiger partial charge in [-0.1, -0.05) is 0 Å². The zero-order valence-electron chi connectivity index (χ0n) is 12.3. The SMILES string of the molecule is O=C1NCCN2CCN(S(=O)(=O)CCc3ccncc3)C[C@@H]12. The number of nitrogens with one attached hydrogen (secondary N) is 1. The predicted octanol–water partition coefficient (Wildman–Crippen LogP) is -0.930. The van der Waals surface area contributed by atoms with Crippen molar-refractivity contribution in [2.45, 2.75) is 12.5 Å². The van der Waals surface area contributed by atoms with E-state index >= 15 is 0 Å². The van der Waals surface area contributed by atoms with Crippen molar-refractivity contribution in [2.75, 3.05) is 38.5 Å². The molecule has 3 heterocycles. The second-order valence-corrected chi connectivity index (χ2v) is 7.71. The second-order valence-electron chi connectivity index (χ2n) is 5.62. The quantitative estimate of drug-likeness (QED) is 0.774.